The zero-order valence-corrected chi connectivity index (χ0v) is 18.5. The van der Waals surface area contributed by atoms with Crippen LogP contribution in [0, 0.1) is 5.82 Å². The molecule has 0 bridgehead atoms. The minimum absolute atomic E-state index is 0.0220. The minimum Gasteiger partial charge on any atom is -0.354 e. The lowest BCUT2D eigenvalue weighted by molar-refractivity contribution is -0.121. The Bertz CT molecular complexity index is 1180. The van der Waals surface area contributed by atoms with Gasteiger partial charge in [-0.1, -0.05) is 17.7 Å². The molecule has 1 fully saturated rings. The van der Waals surface area contributed by atoms with Crippen molar-refractivity contribution < 1.29 is 14.0 Å². The molecule has 1 saturated heterocycles. The monoisotopic (exact) mass is 442 g/mol. The highest BCUT2D eigenvalue weighted by atomic mass is 35.5. The summed E-state index contributed by atoms with van der Waals surface area (Å²) in [5, 5.41) is 3.64. The van der Waals surface area contributed by atoms with Gasteiger partial charge in [-0.3, -0.25) is 9.59 Å². The summed E-state index contributed by atoms with van der Waals surface area (Å²) in [6, 6.07) is 8.19. The Morgan fingerprint density at radius 3 is 2.71 bits per heavy atom. The van der Waals surface area contributed by atoms with Crippen molar-refractivity contribution in [1.82, 2.24) is 19.8 Å². The first-order valence-electron chi connectivity index (χ1n) is 10.2. The van der Waals surface area contributed by atoms with Crippen LogP contribution < -0.4 is 5.32 Å². The molecule has 1 aliphatic rings. The molecule has 0 unspecified atom stereocenters. The van der Waals surface area contributed by atoms with Crippen LogP contribution in [0.4, 0.5) is 4.39 Å². The van der Waals surface area contributed by atoms with Gasteiger partial charge < -0.3 is 14.8 Å². The van der Waals surface area contributed by atoms with Crippen LogP contribution in [0.2, 0.25) is 5.02 Å². The Kier molecular flexibility index (Phi) is 5.47. The number of benzene rings is 1. The maximum atomic E-state index is 14.1. The molecule has 162 valence electrons. The number of fused-ring (bicyclic) bond motifs is 1. The summed E-state index contributed by atoms with van der Waals surface area (Å²) < 4.78 is 16.1. The van der Waals surface area contributed by atoms with E-state index in [9.17, 15) is 14.0 Å². The molecule has 1 N–H and O–H groups in total. The van der Waals surface area contributed by atoms with E-state index in [0.717, 1.165) is 10.9 Å². The van der Waals surface area contributed by atoms with Crippen molar-refractivity contribution in [3.63, 3.8) is 0 Å². The van der Waals surface area contributed by atoms with E-state index in [-0.39, 0.29) is 34.6 Å². The summed E-state index contributed by atoms with van der Waals surface area (Å²) in [5.41, 5.74) is 2.07. The number of pyridine rings is 1. The lowest BCUT2D eigenvalue weighted by Gasteiger charge is -2.22. The molecule has 0 atom stereocenters. The highest BCUT2D eigenvalue weighted by Gasteiger charge is 2.25. The molecule has 2 aromatic heterocycles. The lowest BCUT2D eigenvalue weighted by atomic mass is 10.1. The molecule has 1 aliphatic heterocycles. The highest BCUT2D eigenvalue weighted by Crippen LogP contribution is 2.34. The summed E-state index contributed by atoms with van der Waals surface area (Å²) in [6.45, 7) is 7.18. The van der Waals surface area contributed by atoms with Gasteiger partial charge in [-0.2, -0.15) is 0 Å². The fourth-order valence-electron chi connectivity index (χ4n) is 3.77. The molecular formula is C23H24ClFN4O2. The van der Waals surface area contributed by atoms with Gasteiger partial charge in [0.1, 0.15) is 17.2 Å². The van der Waals surface area contributed by atoms with Crippen molar-refractivity contribution in [2.45, 2.75) is 32.7 Å². The van der Waals surface area contributed by atoms with E-state index < -0.39 is 5.82 Å². The molecule has 0 spiro atoms. The second-order valence-electron chi connectivity index (χ2n) is 8.71. The number of carbonyl (C=O) groups excluding carboxylic acids is 2. The molecule has 31 heavy (non-hydrogen) atoms. The van der Waals surface area contributed by atoms with Crippen LogP contribution >= 0.6 is 11.6 Å². The predicted octanol–water partition coefficient (Wildman–Crippen LogP) is 4.21. The Balaban J connectivity index is 1.82. The van der Waals surface area contributed by atoms with Gasteiger partial charge in [-0.05, 0) is 57.0 Å². The molecule has 2 amide bonds. The third-order valence-electron chi connectivity index (χ3n) is 5.37. The fraction of sp³-hybridized carbons (Fsp3) is 0.348. The molecule has 1 aromatic carbocycles. The topological polar surface area (TPSA) is 67.2 Å². The first-order valence-corrected chi connectivity index (χ1v) is 10.6. The van der Waals surface area contributed by atoms with Crippen LogP contribution in [0.15, 0.2) is 36.5 Å². The quantitative estimate of drug-likeness (QED) is 0.646. The summed E-state index contributed by atoms with van der Waals surface area (Å²) in [5.74, 6) is -0.938. The van der Waals surface area contributed by atoms with Gasteiger partial charge in [0.15, 0.2) is 0 Å². The first kappa shape index (κ1) is 21.3. The van der Waals surface area contributed by atoms with Crippen LogP contribution in [0.5, 0.6) is 0 Å². The number of hydrogen-bond acceptors (Lipinski definition) is 3. The van der Waals surface area contributed by atoms with E-state index in [1.807, 2.05) is 37.6 Å². The van der Waals surface area contributed by atoms with Crippen LogP contribution in [-0.4, -0.2) is 45.9 Å². The molecule has 0 saturated carbocycles. The van der Waals surface area contributed by atoms with E-state index in [2.05, 4.69) is 10.3 Å². The normalized spacial score (nSPS) is 15.1. The maximum Gasteiger partial charge on any atom is 0.273 e. The zero-order chi connectivity index (χ0) is 22.3. The average molecular weight is 443 g/mol. The van der Waals surface area contributed by atoms with Gasteiger partial charge in [-0.25, -0.2) is 9.37 Å². The highest BCUT2D eigenvalue weighted by molar-refractivity contribution is 6.30. The van der Waals surface area contributed by atoms with Crippen molar-refractivity contribution in [2.75, 3.05) is 19.6 Å². The van der Waals surface area contributed by atoms with E-state index in [1.165, 1.54) is 17.0 Å². The number of carbonyl (C=O) groups is 2. The third-order valence-corrected chi connectivity index (χ3v) is 5.68. The van der Waals surface area contributed by atoms with Gasteiger partial charge in [0.25, 0.3) is 5.91 Å². The minimum atomic E-state index is -0.491. The van der Waals surface area contributed by atoms with Gasteiger partial charge in [0.05, 0.1) is 11.6 Å². The second-order valence-corrected chi connectivity index (χ2v) is 9.12. The van der Waals surface area contributed by atoms with E-state index >= 15 is 0 Å². The van der Waals surface area contributed by atoms with Gasteiger partial charge in [-0.15, -0.1) is 0 Å². The van der Waals surface area contributed by atoms with Crippen molar-refractivity contribution in [2.24, 2.45) is 0 Å². The molecule has 6 nitrogen and oxygen atoms in total. The van der Waals surface area contributed by atoms with E-state index in [1.54, 1.807) is 12.1 Å². The maximum absolute atomic E-state index is 14.1. The lowest BCUT2D eigenvalue weighted by Crippen LogP contribution is -2.37. The van der Waals surface area contributed by atoms with Crippen LogP contribution in [-0.2, 0) is 10.3 Å². The van der Waals surface area contributed by atoms with Crippen molar-refractivity contribution in [3.05, 3.63) is 53.1 Å². The molecule has 3 aromatic rings. The smallest absolute Gasteiger partial charge is 0.273 e. The molecule has 0 radical (unpaired) electrons. The van der Waals surface area contributed by atoms with Crippen LogP contribution in [0.3, 0.4) is 0 Å². The summed E-state index contributed by atoms with van der Waals surface area (Å²) in [4.78, 5) is 31.1. The molecular weight excluding hydrogens is 419 g/mol. The Morgan fingerprint density at radius 1 is 1.23 bits per heavy atom. The van der Waals surface area contributed by atoms with Crippen LogP contribution in [0.1, 0.15) is 37.7 Å². The van der Waals surface area contributed by atoms with Crippen molar-refractivity contribution in [1.29, 1.82) is 0 Å². The van der Waals surface area contributed by atoms with E-state index in [0.29, 0.717) is 30.7 Å². The standard InChI is InChI=1S/C23H24ClFN4O2/c1-23(2,3)29-12-16(14-5-7-17(24)18(25)11-14)15-6-8-19(27-21(15)29)22(31)28-10-4-9-26-20(30)13-28/h5-8,11-12H,4,9-10,13H2,1-3H3,(H,26,30). The molecule has 4 rings (SSSR count). The van der Waals surface area contributed by atoms with Crippen molar-refractivity contribution in [3.8, 4) is 11.1 Å². The molecule has 3 heterocycles. The number of halogens is 2. The largest absolute Gasteiger partial charge is 0.354 e. The summed E-state index contributed by atoms with van der Waals surface area (Å²) in [6.07, 6.45) is 2.62. The Labute approximate surface area is 185 Å². The number of nitrogens with zero attached hydrogens (tertiary/aromatic N) is 3. The Hall–Kier alpha value is -2.93. The van der Waals surface area contributed by atoms with Gasteiger partial charge in [0.2, 0.25) is 5.91 Å². The zero-order valence-electron chi connectivity index (χ0n) is 17.7. The number of aromatic nitrogens is 2. The number of hydrogen-bond donors (Lipinski definition) is 1. The second kappa shape index (κ2) is 7.96. The Morgan fingerprint density at radius 2 is 2.00 bits per heavy atom. The fourth-order valence-corrected chi connectivity index (χ4v) is 3.89. The van der Waals surface area contributed by atoms with Gasteiger partial charge >= 0.3 is 0 Å². The third kappa shape index (κ3) is 4.14. The van der Waals surface area contributed by atoms with E-state index in [4.69, 9.17) is 11.6 Å². The van der Waals surface area contributed by atoms with Crippen LogP contribution in [0.25, 0.3) is 22.2 Å². The number of amides is 2. The SMILES string of the molecule is CC(C)(C)n1cc(-c2ccc(Cl)c(F)c2)c2ccc(C(=O)N3CCCNC(=O)C3)nc21. The van der Waals surface area contributed by atoms with Crippen molar-refractivity contribution >= 4 is 34.4 Å². The van der Waals surface area contributed by atoms with Gasteiger partial charge in [0, 0.05) is 35.8 Å². The average Bonchev–Trinajstić information content (AvgIpc) is 2.97. The summed E-state index contributed by atoms with van der Waals surface area (Å²) >= 11 is 5.85. The number of rotatable bonds is 2. The number of nitrogens with one attached hydrogen (secondary N) is 1. The predicted molar refractivity (Wildman–Crippen MR) is 119 cm³/mol. The first-order chi connectivity index (χ1) is 14.6. The molecule has 8 heteroatoms. The molecule has 0 aliphatic carbocycles. The summed E-state index contributed by atoms with van der Waals surface area (Å²) in [7, 11) is 0.